The molecule has 0 spiro atoms. The standard InChI is InChI=1S/C15H20N2O4S/c16-10-15(4-6-21-7-5-15)14(18)17-12-2-1-11-3-8-22(19,20)13(11)9-12/h1-2,9H,3-8,10,16H2,(H,17,18). The maximum atomic E-state index is 12.6. The summed E-state index contributed by atoms with van der Waals surface area (Å²) in [6.07, 6.45) is 1.70. The zero-order valence-corrected chi connectivity index (χ0v) is 13.1. The van der Waals surface area contributed by atoms with Gasteiger partial charge in [0.1, 0.15) is 0 Å². The van der Waals surface area contributed by atoms with Crippen LogP contribution in [0.25, 0.3) is 0 Å². The Morgan fingerprint density at radius 3 is 2.73 bits per heavy atom. The van der Waals surface area contributed by atoms with Gasteiger partial charge in [-0.3, -0.25) is 4.79 Å². The molecule has 1 saturated heterocycles. The molecule has 120 valence electrons. The highest BCUT2D eigenvalue weighted by Gasteiger charge is 2.39. The number of nitrogens with one attached hydrogen (secondary N) is 1. The van der Waals surface area contributed by atoms with Gasteiger partial charge < -0.3 is 15.8 Å². The highest BCUT2D eigenvalue weighted by molar-refractivity contribution is 7.91. The van der Waals surface area contributed by atoms with Crippen molar-refractivity contribution in [3.63, 3.8) is 0 Å². The molecule has 7 heteroatoms. The van der Waals surface area contributed by atoms with Gasteiger partial charge in [0.2, 0.25) is 5.91 Å². The van der Waals surface area contributed by atoms with E-state index in [1.807, 2.05) is 0 Å². The SMILES string of the molecule is NCC1(C(=O)Nc2ccc3c(c2)S(=O)(=O)CC3)CCOCC1. The van der Waals surface area contributed by atoms with Gasteiger partial charge in [-0.1, -0.05) is 6.07 Å². The zero-order chi connectivity index (χ0) is 15.8. The molecule has 1 aromatic rings. The Hall–Kier alpha value is -1.44. The van der Waals surface area contributed by atoms with Crippen LogP contribution in [0, 0.1) is 5.41 Å². The third-order valence-electron chi connectivity index (χ3n) is 4.62. The number of carbonyl (C=O) groups excluding carboxylic acids is 1. The Bertz CT molecular complexity index is 693. The second-order valence-corrected chi connectivity index (χ2v) is 8.02. The van der Waals surface area contributed by atoms with E-state index in [2.05, 4.69) is 5.32 Å². The molecule has 3 rings (SSSR count). The second-order valence-electron chi connectivity index (χ2n) is 5.94. The Kier molecular flexibility index (Phi) is 3.96. The third-order valence-corrected chi connectivity index (χ3v) is 6.41. The normalized spacial score (nSPS) is 22.0. The van der Waals surface area contributed by atoms with Crippen LogP contribution in [0.5, 0.6) is 0 Å². The summed E-state index contributed by atoms with van der Waals surface area (Å²) >= 11 is 0. The fourth-order valence-corrected chi connectivity index (χ4v) is 4.62. The summed E-state index contributed by atoms with van der Waals surface area (Å²) in [4.78, 5) is 12.9. The number of sulfone groups is 1. The molecule has 2 aliphatic rings. The Labute approximate surface area is 129 Å². The third kappa shape index (κ3) is 2.64. The van der Waals surface area contributed by atoms with Crippen molar-refractivity contribution in [2.45, 2.75) is 24.2 Å². The number of anilines is 1. The van der Waals surface area contributed by atoms with E-state index >= 15 is 0 Å². The summed E-state index contributed by atoms with van der Waals surface area (Å²) < 4.78 is 29.2. The molecule has 0 atom stereocenters. The van der Waals surface area contributed by atoms with Gasteiger partial charge in [0.25, 0.3) is 0 Å². The van der Waals surface area contributed by atoms with Gasteiger partial charge in [-0.15, -0.1) is 0 Å². The summed E-state index contributed by atoms with van der Waals surface area (Å²) in [6.45, 7) is 1.29. The molecule has 6 nitrogen and oxygen atoms in total. The highest BCUT2D eigenvalue weighted by Crippen LogP contribution is 2.32. The van der Waals surface area contributed by atoms with Crippen molar-refractivity contribution in [2.75, 3.05) is 30.8 Å². The lowest BCUT2D eigenvalue weighted by atomic mass is 9.79. The van der Waals surface area contributed by atoms with Gasteiger partial charge in [-0.2, -0.15) is 0 Å². The van der Waals surface area contributed by atoms with Crippen molar-refractivity contribution in [3.8, 4) is 0 Å². The van der Waals surface area contributed by atoms with Crippen LogP contribution in [-0.2, 0) is 25.8 Å². The van der Waals surface area contributed by atoms with Crippen molar-refractivity contribution in [2.24, 2.45) is 11.1 Å². The van der Waals surface area contributed by atoms with Crippen LogP contribution < -0.4 is 11.1 Å². The van der Waals surface area contributed by atoms with Gasteiger partial charge >= 0.3 is 0 Å². The zero-order valence-electron chi connectivity index (χ0n) is 12.3. The predicted octanol–water partition coefficient (Wildman–Crippen LogP) is 0.710. The molecular formula is C15H20N2O4S. The van der Waals surface area contributed by atoms with Crippen LogP contribution in [0.4, 0.5) is 5.69 Å². The molecule has 2 aliphatic heterocycles. The summed E-state index contributed by atoms with van der Waals surface area (Å²) in [6, 6.07) is 5.08. The first kappa shape index (κ1) is 15.5. The number of carbonyl (C=O) groups is 1. The number of nitrogens with two attached hydrogens (primary N) is 1. The van der Waals surface area contributed by atoms with Gasteiger partial charge in [-0.05, 0) is 37.0 Å². The summed E-state index contributed by atoms with van der Waals surface area (Å²) in [7, 11) is -3.21. The van der Waals surface area contributed by atoms with Gasteiger partial charge in [-0.25, -0.2) is 8.42 Å². The Balaban J connectivity index is 1.83. The molecule has 0 bridgehead atoms. The van der Waals surface area contributed by atoms with E-state index in [-0.39, 0.29) is 18.2 Å². The quantitative estimate of drug-likeness (QED) is 0.853. The molecule has 0 saturated carbocycles. The molecule has 2 heterocycles. The number of aryl methyl sites for hydroxylation is 1. The number of rotatable bonds is 3. The van der Waals surface area contributed by atoms with Crippen LogP contribution in [0.1, 0.15) is 18.4 Å². The molecule has 0 unspecified atom stereocenters. The average molecular weight is 324 g/mol. The van der Waals surface area contributed by atoms with Crippen LogP contribution in [-0.4, -0.2) is 39.8 Å². The smallest absolute Gasteiger partial charge is 0.232 e. The summed E-state index contributed by atoms with van der Waals surface area (Å²) in [5.41, 5.74) is 6.51. The molecule has 0 aliphatic carbocycles. The number of hydrogen-bond donors (Lipinski definition) is 2. The van der Waals surface area contributed by atoms with Crippen molar-refractivity contribution in [1.82, 2.24) is 0 Å². The Morgan fingerprint density at radius 1 is 1.32 bits per heavy atom. The lowest BCUT2D eigenvalue weighted by Gasteiger charge is -2.34. The maximum absolute atomic E-state index is 12.6. The van der Waals surface area contributed by atoms with E-state index in [1.165, 1.54) is 0 Å². The molecule has 0 aromatic heterocycles. The minimum absolute atomic E-state index is 0.143. The van der Waals surface area contributed by atoms with E-state index in [0.29, 0.717) is 43.1 Å². The first-order valence-corrected chi connectivity index (χ1v) is 9.07. The number of hydrogen-bond acceptors (Lipinski definition) is 5. The van der Waals surface area contributed by atoms with E-state index in [4.69, 9.17) is 10.5 Å². The number of benzene rings is 1. The maximum Gasteiger partial charge on any atom is 0.232 e. The van der Waals surface area contributed by atoms with Crippen molar-refractivity contribution < 1.29 is 17.9 Å². The second kappa shape index (κ2) is 5.64. The summed E-state index contributed by atoms with van der Waals surface area (Å²) in [5.74, 6) is -0.0160. The average Bonchev–Trinajstić information content (AvgIpc) is 2.83. The van der Waals surface area contributed by atoms with Gasteiger partial charge in [0.05, 0.1) is 16.1 Å². The van der Waals surface area contributed by atoms with Crippen LogP contribution >= 0.6 is 0 Å². The number of fused-ring (bicyclic) bond motifs is 1. The molecular weight excluding hydrogens is 304 g/mol. The topological polar surface area (TPSA) is 98.5 Å². The first-order chi connectivity index (χ1) is 10.5. The highest BCUT2D eigenvalue weighted by atomic mass is 32.2. The molecule has 1 aromatic carbocycles. The van der Waals surface area contributed by atoms with E-state index in [0.717, 1.165) is 5.56 Å². The molecule has 1 amide bonds. The minimum Gasteiger partial charge on any atom is -0.381 e. The van der Waals surface area contributed by atoms with Crippen molar-refractivity contribution >= 4 is 21.4 Å². The largest absolute Gasteiger partial charge is 0.381 e. The fraction of sp³-hybridized carbons (Fsp3) is 0.533. The predicted molar refractivity (Wildman–Crippen MR) is 82.4 cm³/mol. The molecule has 0 radical (unpaired) electrons. The summed E-state index contributed by atoms with van der Waals surface area (Å²) in [5, 5.41) is 2.83. The van der Waals surface area contributed by atoms with E-state index in [9.17, 15) is 13.2 Å². The minimum atomic E-state index is -3.21. The fourth-order valence-electron chi connectivity index (χ4n) is 3.03. The molecule has 22 heavy (non-hydrogen) atoms. The number of ether oxygens (including phenoxy) is 1. The first-order valence-electron chi connectivity index (χ1n) is 7.42. The Morgan fingerprint density at radius 2 is 2.05 bits per heavy atom. The molecule has 3 N–H and O–H groups in total. The molecule has 1 fully saturated rings. The van der Waals surface area contributed by atoms with Crippen molar-refractivity contribution in [3.05, 3.63) is 23.8 Å². The lowest BCUT2D eigenvalue weighted by molar-refractivity contribution is -0.130. The van der Waals surface area contributed by atoms with Gasteiger partial charge in [0.15, 0.2) is 9.84 Å². The van der Waals surface area contributed by atoms with Gasteiger partial charge in [0, 0.05) is 25.4 Å². The van der Waals surface area contributed by atoms with E-state index < -0.39 is 15.3 Å². The lowest BCUT2D eigenvalue weighted by Crippen LogP contribution is -2.46. The van der Waals surface area contributed by atoms with E-state index in [1.54, 1.807) is 18.2 Å². The van der Waals surface area contributed by atoms with Crippen LogP contribution in [0.15, 0.2) is 23.1 Å². The van der Waals surface area contributed by atoms with Crippen molar-refractivity contribution in [1.29, 1.82) is 0 Å². The van der Waals surface area contributed by atoms with Crippen LogP contribution in [0.3, 0.4) is 0 Å². The van der Waals surface area contributed by atoms with Crippen LogP contribution in [0.2, 0.25) is 0 Å². The monoisotopic (exact) mass is 324 g/mol. The number of amides is 1.